The lowest BCUT2D eigenvalue weighted by molar-refractivity contribution is 0.0697. The van der Waals surface area contributed by atoms with Crippen LogP contribution in [-0.2, 0) is 11.3 Å². The quantitative estimate of drug-likeness (QED) is 0.373. The van der Waals surface area contributed by atoms with Crippen LogP contribution in [0.5, 0.6) is 0 Å². The molecule has 1 aliphatic carbocycles. The van der Waals surface area contributed by atoms with Gasteiger partial charge in [0.25, 0.3) is 0 Å². The van der Waals surface area contributed by atoms with Crippen molar-refractivity contribution in [2.45, 2.75) is 12.5 Å². The van der Waals surface area contributed by atoms with Crippen molar-refractivity contribution in [1.29, 1.82) is 0 Å². The van der Waals surface area contributed by atoms with Gasteiger partial charge in [-0.25, -0.2) is 9.59 Å². The second-order valence-electron chi connectivity index (χ2n) is 8.20. The van der Waals surface area contributed by atoms with Gasteiger partial charge in [0.1, 0.15) is 6.61 Å². The summed E-state index contributed by atoms with van der Waals surface area (Å²) in [6.45, 7) is 0.356. The first-order chi connectivity index (χ1) is 16.6. The molecule has 0 aromatic heterocycles. The Kier molecular flexibility index (Phi) is 5.83. The second kappa shape index (κ2) is 9.24. The van der Waals surface area contributed by atoms with Gasteiger partial charge in [0.15, 0.2) is 0 Å². The van der Waals surface area contributed by atoms with Crippen molar-refractivity contribution in [3.05, 3.63) is 125 Å². The molecule has 5 rings (SSSR count). The van der Waals surface area contributed by atoms with E-state index < -0.39 is 12.1 Å². The maximum absolute atomic E-state index is 13.4. The summed E-state index contributed by atoms with van der Waals surface area (Å²) in [5, 5.41) is 9.70. The Bertz CT molecular complexity index is 1300. The lowest BCUT2D eigenvalue weighted by Gasteiger charge is -2.25. The van der Waals surface area contributed by atoms with Crippen LogP contribution in [0.4, 0.5) is 10.5 Å². The highest BCUT2D eigenvalue weighted by Crippen LogP contribution is 2.44. The third kappa shape index (κ3) is 4.04. The minimum absolute atomic E-state index is 0.0481. The number of carboxylic acids is 1. The largest absolute Gasteiger partial charge is 0.478 e. The summed E-state index contributed by atoms with van der Waals surface area (Å²) in [6, 6.07) is 32.2. The van der Waals surface area contributed by atoms with Crippen LogP contribution in [0.1, 0.15) is 33.0 Å². The molecule has 1 amide bonds. The van der Waals surface area contributed by atoms with Gasteiger partial charge < -0.3 is 9.84 Å². The third-order valence-electron chi connectivity index (χ3n) is 6.17. The fourth-order valence-corrected chi connectivity index (χ4v) is 4.58. The van der Waals surface area contributed by atoms with Crippen LogP contribution in [0.25, 0.3) is 11.1 Å². The van der Waals surface area contributed by atoms with Crippen LogP contribution in [0.3, 0.4) is 0 Å². The van der Waals surface area contributed by atoms with Gasteiger partial charge in [-0.2, -0.15) is 0 Å². The zero-order valence-corrected chi connectivity index (χ0v) is 18.4. The average Bonchev–Trinajstić information content (AvgIpc) is 3.20. The Balaban J connectivity index is 1.44. The number of benzene rings is 4. The number of para-hydroxylation sites is 1. The number of fused-ring (bicyclic) bond motifs is 3. The van der Waals surface area contributed by atoms with Gasteiger partial charge >= 0.3 is 12.1 Å². The summed E-state index contributed by atoms with van der Waals surface area (Å²) < 4.78 is 5.86. The van der Waals surface area contributed by atoms with E-state index in [2.05, 4.69) is 24.3 Å². The van der Waals surface area contributed by atoms with Gasteiger partial charge in [-0.05, 0) is 39.9 Å². The van der Waals surface area contributed by atoms with E-state index >= 15 is 0 Å². The normalized spacial score (nSPS) is 12.0. The summed E-state index contributed by atoms with van der Waals surface area (Å²) in [4.78, 5) is 26.7. The molecule has 0 unspecified atom stereocenters. The fraction of sp³-hybridized carbons (Fsp3) is 0.103. The number of carbonyl (C=O) groups excluding carboxylic acids is 1. The van der Waals surface area contributed by atoms with E-state index in [-0.39, 0.29) is 24.6 Å². The molecule has 4 aromatic carbocycles. The molecule has 0 fully saturated rings. The SMILES string of the molecule is O=C(O)c1ccccc1N(Cc1ccccc1)C(=O)OCC1c2ccccc2-c2ccccc21. The first-order valence-electron chi connectivity index (χ1n) is 11.1. The second-order valence-corrected chi connectivity index (χ2v) is 8.20. The molecule has 0 bridgehead atoms. The number of amides is 1. The fourth-order valence-electron chi connectivity index (χ4n) is 4.58. The molecule has 168 valence electrons. The van der Waals surface area contributed by atoms with Gasteiger partial charge in [-0.1, -0.05) is 91.0 Å². The standard InChI is InChI=1S/C29H23NO4/c31-28(32)25-16-8-9-17-27(25)30(18-20-10-2-1-3-11-20)29(33)34-19-26-23-14-6-4-12-21(23)22-13-5-7-15-24(22)26/h1-17,26H,18-19H2,(H,31,32). The van der Waals surface area contributed by atoms with Crippen molar-refractivity contribution in [2.24, 2.45) is 0 Å². The summed E-state index contributed by atoms with van der Waals surface area (Å²) in [6.07, 6.45) is -0.584. The Hall–Kier alpha value is -4.38. The van der Waals surface area contributed by atoms with Crippen molar-refractivity contribution in [3.63, 3.8) is 0 Å². The molecule has 1 N–H and O–H groups in total. The van der Waals surface area contributed by atoms with Crippen LogP contribution in [0, 0.1) is 0 Å². The van der Waals surface area contributed by atoms with Crippen molar-refractivity contribution in [1.82, 2.24) is 0 Å². The van der Waals surface area contributed by atoms with Crippen molar-refractivity contribution in [2.75, 3.05) is 11.5 Å². The Morgan fingerprint density at radius 2 is 1.29 bits per heavy atom. The van der Waals surface area contributed by atoms with E-state index in [1.807, 2.05) is 54.6 Å². The van der Waals surface area contributed by atoms with E-state index in [0.717, 1.165) is 27.8 Å². The summed E-state index contributed by atoms with van der Waals surface area (Å²) in [7, 11) is 0. The number of rotatable bonds is 6. The zero-order valence-electron chi connectivity index (χ0n) is 18.4. The Morgan fingerprint density at radius 3 is 1.94 bits per heavy atom. The summed E-state index contributed by atoms with van der Waals surface area (Å²) in [5.41, 5.74) is 5.77. The monoisotopic (exact) mass is 449 g/mol. The summed E-state index contributed by atoms with van der Waals surface area (Å²) in [5.74, 6) is -1.18. The van der Waals surface area contributed by atoms with Gasteiger partial charge in [0, 0.05) is 5.92 Å². The highest BCUT2D eigenvalue weighted by Gasteiger charge is 2.30. The molecule has 5 heteroatoms. The molecule has 0 atom stereocenters. The number of carbonyl (C=O) groups is 2. The van der Waals surface area contributed by atoms with E-state index in [9.17, 15) is 14.7 Å². The van der Waals surface area contributed by atoms with Gasteiger partial charge in [0.2, 0.25) is 0 Å². The van der Waals surface area contributed by atoms with Crippen LogP contribution in [-0.4, -0.2) is 23.8 Å². The molecule has 0 saturated heterocycles. The van der Waals surface area contributed by atoms with Crippen molar-refractivity contribution >= 4 is 17.7 Å². The highest BCUT2D eigenvalue weighted by atomic mass is 16.6. The maximum Gasteiger partial charge on any atom is 0.414 e. The number of hydrogen-bond acceptors (Lipinski definition) is 3. The molecule has 0 spiro atoms. The summed E-state index contributed by atoms with van der Waals surface area (Å²) >= 11 is 0. The van der Waals surface area contributed by atoms with Gasteiger partial charge in [-0.3, -0.25) is 4.90 Å². The van der Waals surface area contributed by atoms with E-state index in [4.69, 9.17) is 4.74 Å². The predicted molar refractivity (Wildman–Crippen MR) is 131 cm³/mol. The Labute approximate surface area is 197 Å². The third-order valence-corrected chi connectivity index (χ3v) is 6.17. The molecule has 0 heterocycles. The molecular formula is C29H23NO4. The van der Waals surface area contributed by atoms with Crippen LogP contribution in [0.15, 0.2) is 103 Å². The highest BCUT2D eigenvalue weighted by molar-refractivity contribution is 5.99. The molecular weight excluding hydrogens is 426 g/mol. The van der Waals surface area contributed by atoms with Gasteiger partial charge in [-0.15, -0.1) is 0 Å². The number of anilines is 1. The molecule has 5 nitrogen and oxygen atoms in total. The number of hydrogen-bond donors (Lipinski definition) is 1. The lowest BCUT2D eigenvalue weighted by atomic mass is 9.98. The average molecular weight is 450 g/mol. The van der Waals surface area contributed by atoms with Crippen LogP contribution >= 0.6 is 0 Å². The van der Waals surface area contributed by atoms with Crippen LogP contribution < -0.4 is 4.90 Å². The lowest BCUT2D eigenvalue weighted by Crippen LogP contribution is -2.33. The Morgan fingerprint density at radius 1 is 0.735 bits per heavy atom. The first kappa shape index (κ1) is 21.5. The first-order valence-corrected chi connectivity index (χ1v) is 11.1. The topological polar surface area (TPSA) is 66.8 Å². The minimum atomic E-state index is -1.10. The molecule has 0 aliphatic heterocycles. The minimum Gasteiger partial charge on any atom is -0.478 e. The van der Waals surface area contributed by atoms with E-state index in [1.54, 1.807) is 18.2 Å². The number of ether oxygens (including phenoxy) is 1. The number of carboxylic acid groups (broad SMARTS) is 1. The number of nitrogens with zero attached hydrogens (tertiary/aromatic N) is 1. The molecule has 34 heavy (non-hydrogen) atoms. The smallest absolute Gasteiger partial charge is 0.414 e. The molecule has 0 radical (unpaired) electrons. The van der Waals surface area contributed by atoms with E-state index in [0.29, 0.717) is 5.69 Å². The zero-order chi connectivity index (χ0) is 23.5. The molecule has 0 saturated carbocycles. The van der Waals surface area contributed by atoms with Gasteiger partial charge in [0.05, 0.1) is 17.8 Å². The molecule has 1 aliphatic rings. The number of aromatic carboxylic acids is 1. The van der Waals surface area contributed by atoms with Crippen molar-refractivity contribution in [3.8, 4) is 11.1 Å². The van der Waals surface area contributed by atoms with Crippen molar-refractivity contribution < 1.29 is 19.4 Å². The van der Waals surface area contributed by atoms with Crippen LogP contribution in [0.2, 0.25) is 0 Å². The van der Waals surface area contributed by atoms with E-state index in [1.165, 1.54) is 11.0 Å². The molecule has 4 aromatic rings. The maximum atomic E-state index is 13.4. The predicted octanol–water partition coefficient (Wildman–Crippen LogP) is 6.34.